The molecule has 6 heteroatoms. The monoisotopic (exact) mass is 368 g/mol. The maximum absolute atomic E-state index is 12.2. The summed E-state index contributed by atoms with van der Waals surface area (Å²) in [6.45, 7) is 0. The summed E-state index contributed by atoms with van der Waals surface area (Å²) < 4.78 is 11.2. The Kier molecular flexibility index (Phi) is 6.68. The van der Waals surface area contributed by atoms with E-state index in [9.17, 15) is 9.59 Å². The summed E-state index contributed by atoms with van der Waals surface area (Å²) in [5.74, 6) is 0. The molecular formula is C21H24N2O4. The van der Waals surface area contributed by atoms with E-state index in [1.54, 1.807) is 24.3 Å². The topological polar surface area (TPSA) is 76.7 Å². The van der Waals surface area contributed by atoms with Crippen LogP contribution in [0.2, 0.25) is 0 Å². The molecule has 1 aliphatic rings. The zero-order valence-electron chi connectivity index (χ0n) is 15.1. The van der Waals surface area contributed by atoms with Crippen molar-refractivity contribution in [2.24, 2.45) is 0 Å². The number of carbonyl (C=O) groups is 2. The average molecular weight is 368 g/mol. The molecule has 2 aromatic carbocycles. The second kappa shape index (κ2) is 9.62. The first kappa shape index (κ1) is 18.8. The molecule has 0 aliphatic heterocycles. The van der Waals surface area contributed by atoms with Crippen LogP contribution >= 0.6 is 0 Å². The van der Waals surface area contributed by atoms with Crippen LogP contribution in [0.15, 0.2) is 60.7 Å². The van der Waals surface area contributed by atoms with E-state index in [1.807, 2.05) is 36.4 Å². The molecule has 0 unspecified atom stereocenters. The number of hydrogen-bond acceptors (Lipinski definition) is 4. The van der Waals surface area contributed by atoms with Gasteiger partial charge in [0.05, 0.1) is 0 Å². The fourth-order valence-corrected chi connectivity index (χ4v) is 3.12. The van der Waals surface area contributed by atoms with Gasteiger partial charge in [0.25, 0.3) is 0 Å². The largest absolute Gasteiger partial charge is 0.442 e. The number of hydrogen-bond donors (Lipinski definition) is 2. The lowest BCUT2D eigenvalue weighted by Crippen LogP contribution is -2.36. The molecule has 0 saturated heterocycles. The number of ether oxygens (including phenoxy) is 2. The van der Waals surface area contributed by atoms with Gasteiger partial charge in [0, 0.05) is 11.4 Å². The van der Waals surface area contributed by atoms with Gasteiger partial charge in [-0.15, -0.1) is 0 Å². The van der Waals surface area contributed by atoms with Crippen LogP contribution < -0.4 is 10.6 Å². The third-order valence-corrected chi connectivity index (χ3v) is 4.45. The minimum atomic E-state index is -0.537. The van der Waals surface area contributed by atoms with Crippen molar-refractivity contribution in [3.05, 3.63) is 60.7 Å². The Labute approximate surface area is 158 Å². The van der Waals surface area contributed by atoms with Gasteiger partial charge >= 0.3 is 12.2 Å². The maximum atomic E-state index is 12.2. The predicted molar refractivity (Wildman–Crippen MR) is 104 cm³/mol. The number of anilines is 2. The van der Waals surface area contributed by atoms with Gasteiger partial charge in [-0.1, -0.05) is 42.8 Å². The molecule has 0 bridgehead atoms. The third kappa shape index (κ3) is 6.02. The molecule has 0 spiro atoms. The van der Waals surface area contributed by atoms with Gasteiger partial charge in [-0.2, -0.15) is 0 Å². The molecule has 2 aromatic rings. The van der Waals surface area contributed by atoms with Gasteiger partial charge < -0.3 is 9.47 Å². The van der Waals surface area contributed by atoms with Crippen molar-refractivity contribution < 1.29 is 19.1 Å². The average Bonchev–Trinajstić information content (AvgIpc) is 2.88. The molecule has 6 nitrogen and oxygen atoms in total. The second-order valence-electron chi connectivity index (χ2n) is 6.51. The fraction of sp³-hybridized carbons (Fsp3) is 0.333. The molecule has 1 aliphatic carbocycles. The maximum Gasteiger partial charge on any atom is 0.412 e. The van der Waals surface area contributed by atoms with Gasteiger partial charge in [-0.25, -0.2) is 9.59 Å². The second-order valence-corrected chi connectivity index (χ2v) is 6.51. The SMILES string of the molecule is O=C(Nc1ccccc1)O[C@H]1CCCCC[C@H]1OC(=O)Nc1ccccc1. The van der Waals surface area contributed by atoms with Crippen LogP contribution in [0.25, 0.3) is 0 Å². The van der Waals surface area contributed by atoms with Crippen molar-refractivity contribution in [1.82, 2.24) is 0 Å². The Bertz CT molecular complexity index is 673. The van der Waals surface area contributed by atoms with Gasteiger partial charge in [0.1, 0.15) is 12.2 Å². The zero-order chi connectivity index (χ0) is 18.9. The Morgan fingerprint density at radius 2 is 1.07 bits per heavy atom. The van der Waals surface area contributed by atoms with Crippen molar-refractivity contribution >= 4 is 23.6 Å². The summed E-state index contributed by atoms with van der Waals surface area (Å²) in [5.41, 5.74) is 1.32. The van der Waals surface area contributed by atoms with Crippen LogP contribution in [0.1, 0.15) is 32.1 Å². The highest BCUT2D eigenvalue weighted by Crippen LogP contribution is 2.24. The molecule has 27 heavy (non-hydrogen) atoms. The van der Waals surface area contributed by atoms with Gasteiger partial charge in [-0.3, -0.25) is 10.6 Å². The normalized spacial score (nSPS) is 19.4. The van der Waals surface area contributed by atoms with Crippen LogP contribution in [-0.4, -0.2) is 24.4 Å². The predicted octanol–water partition coefficient (Wildman–Crippen LogP) is 5.19. The Morgan fingerprint density at radius 3 is 1.48 bits per heavy atom. The van der Waals surface area contributed by atoms with Gasteiger partial charge in [-0.05, 0) is 49.9 Å². The standard InChI is InChI=1S/C21H24N2O4/c24-20(22-16-10-4-1-5-11-16)26-18-14-8-3-9-15-19(18)27-21(25)23-17-12-6-2-7-13-17/h1-2,4-7,10-13,18-19H,3,8-9,14-15H2,(H,22,24)(H,23,25)/t18-,19+. The highest BCUT2D eigenvalue weighted by Gasteiger charge is 2.30. The first-order valence-corrected chi connectivity index (χ1v) is 9.26. The van der Waals surface area contributed by atoms with Gasteiger partial charge in [0.15, 0.2) is 0 Å². The number of para-hydroxylation sites is 2. The van der Waals surface area contributed by atoms with E-state index in [0.717, 1.165) is 19.3 Å². The molecule has 0 aromatic heterocycles. The smallest absolute Gasteiger partial charge is 0.412 e. The third-order valence-electron chi connectivity index (χ3n) is 4.45. The van der Waals surface area contributed by atoms with E-state index in [-0.39, 0.29) is 0 Å². The molecule has 3 rings (SSSR count). The summed E-state index contributed by atoms with van der Waals surface area (Å²) in [7, 11) is 0. The zero-order valence-corrected chi connectivity index (χ0v) is 15.1. The summed E-state index contributed by atoms with van der Waals surface area (Å²) in [5, 5.41) is 5.41. The molecule has 1 fully saturated rings. The highest BCUT2D eigenvalue weighted by molar-refractivity contribution is 5.85. The molecular weight excluding hydrogens is 344 g/mol. The van der Waals surface area contributed by atoms with Crippen molar-refractivity contribution in [1.29, 1.82) is 0 Å². The summed E-state index contributed by atoms with van der Waals surface area (Å²) in [6.07, 6.45) is 2.25. The van der Waals surface area contributed by atoms with E-state index in [1.165, 1.54) is 0 Å². The van der Waals surface area contributed by atoms with Crippen LogP contribution in [-0.2, 0) is 9.47 Å². The van der Waals surface area contributed by atoms with Crippen LogP contribution in [0.4, 0.5) is 21.0 Å². The number of benzene rings is 2. The molecule has 2 amide bonds. The minimum Gasteiger partial charge on any atom is -0.442 e. The Hall–Kier alpha value is -3.02. The van der Waals surface area contributed by atoms with Crippen molar-refractivity contribution in [3.63, 3.8) is 0 Å². The van der Waals surface area contributed by atoms with E-state index >= 15 is 0 Å². The molecule has 0 radical (unpaired) electrons. The lowest BCUT2D eigenvalue weighted by atomic mass is 10.1. The lowest BCUT2D eigenvalue weighted by Gasteiger charge is -2.25. The number of rotatable bonds is 4. The Morgan fingerprint density at radius 1 is 0.667 bits per heavy atom. The molecule has 2 N–H and O–H groups in total. The van der Waals surface area contributed by atoms with Crippen LogP contribution in [0.3, 0.4) is 0 Å². The van der Waals surface area contributed by atoms with E-state index in [4.69, 9.17) is 9.47 Å². The first-order valence-electron chi connectivity index (χ1n) is 9.26. The van der Waals surface area contributed by atoms with Crippen molar-refractivity contribution in [2.45, 2.75) is 44.3 Å². The number of carbonyl (C=O) groups excluding carboxylic acids is 2. The first-order chi connectivity index (χ1) is 13.2. The summed E-state index contributed by atoms with van der Waals surface area (Å²) >= 11 is 0. The van der Waals surface area contributed by atoms with E-state index in [2.05, 4.69) is 10.6 Å². The number of nitrogens with one attached hydrogen (secondary N) is 2. The molecule has 2 atom stereocenters. The van der Waals surface area contributed by atoms with E-state index < -0.39 is 24.4 Å². The van der Waals surface area contributed by atoms with Crippen LogP contribution in [0, 0.1) is 0 Å². The highest BCUT2D eigenvalue weighted by atomic mass is 16.6. The lowest BCUT2D eigenvalue weighted by molar-refractivity contribution is -0.00356. The fourth-order valence-electron chi connectivity index (χ4n) is 3.12. The molecule has 0 heterocycles. The van der Waals surface area contributed by atoms with Gasteiger partial charge in [0.2, 0.25) is 0 Å². The number of amides is 2. The Balaban J connectivity index is 1.57. The van der Waals surface area contributed by atoms with Crippen molar-refractivity contribution in [3.8, 4) is 0 Å². The summed E-state index contributed by atoms with van der Waals surface area (Å²) in [4.78, 5) is 24.5. The minimum absolute atomic E-state index is 0.460. The van der Waals surface area contributed by atoms with Crippen molar-refractivity contribution in [2.75, 3.05) is 10.6 Å². The van der Waals surface area contributed by atoms with Crippen LogP contribution in [0.5, 0.6) is 0 Å². The molecule has 142 valence electrons. The summed E-state index contributed by atoms with van der Waals surface area (Å²) in [6, 6.07) is 18.2. The van der Waals surface area contributed by atoms with E-state index in [0.29, 0.717) is 24.2 Å². The quantitative estimate of drug-likeness (QED) is 0.729. The molecule has 1 saturated carbocycles.